The Morgan fingerprint density at radius 2 is 1.67 bits per heavy atom. The molecule has 0 aliphatic carbocycles. The maximum Gasteiger partial charge on any atom is 0.431 e. The third kappa shape index (κ3) is 5.44. The Labute approximate surface area is 208 Å². The van der Waals surface area contributed by atoms with Crippen molar-refractivity contribution in [2.24, 2.45) is 7.05 Å². The molecule has 9 nitrogen and oxygen atoms in total. The van der Waals surface area contributed by atoms with E-state index in [9.17, 15) is 31.9 Å². The van der Waals surface area contributed by atoms with E-state index in [1.54, 1.807) is 12.1 Å². The number of alkyl halides is 3. The van der Waals surface area contributed by atoms with Crippen LogP contribution in [-0.2, 0) is 27.5 Å². The van der Waals surface area contributed by atoms with Crippen LogP contribution in [0.2, 0.25) is 0 Å². The molecule has 3 rings (SSSR count). The number of carbonyl (C=O) groups excluding carboxylic acids is 1. The molecule has 0 saturated carbocycles. The van der Waals surface area contributed by atoms with Crippen LogP contribution in [0.1, 0.15) is 5.69 Å². The molecule has 0 radical (unpaired) electrons. The van der Waals surface area contributed by atoms with Gasteiger partial charge < -0.3 is 18.9 Å². The molecule has 0 aliphatic rings. The number of para-hydroxylation sites is 2. The van der Waals surface area contributed by atoms with Crippen molar-refractivity contribution in [1.82, 2.24) is 9.13 Å². The van der Waals surface area contributed by atoms with Crippen LogP contribution in [0.15, 0.2) is 56.5 Å². The van der Waals surface area contributed by atoms with Crippen molar-refractivity contribution in [2.45, 2.75) is 12.5 Å². The van der Waals surface area contributed by atoms with Gasteiger partial charge in [0.25, 0.3) is 11.8 Å². The molecule has 0 amide bonds. The van der Waals surface area contributed by atoms with E-state index in [0.717, 1.165) is 26.3 Å². The highest BCUT2D eigenvalue weighted by atomic mass is 79.9. The van der Waals surface area contributed by atoms with Gasteiger partial charge in [-0.15, -0.1) is 0 Å². The molecule has 0 fully saturated rings. The Hall–Kier alpha value is -3.65. The summed E-state index contributed by atoms with van der Waals surface area (Å²) in [4.78, 5) is 36.8. The van der Waals surface area contributed by atoms with E-state index in [-0.39, 0.29) is 36.9 Å². The average Bonchev–Trinajstić information content (AvgIpc) is 2.82. The first-order valence-electron chi connectivity index (χ1n) is 9.83. The predicted octanol–water partition coefficient (Wildman–Crippen LogP) is 3.77. The van der Waals surface area contributed by atoms with E-state index in [1.165, 1.54) is 19.2 Å². The fourth-order valence-corrected chi connectivity index (χ4v) is 3.44. The molecule has 0 N–H and O–H groups in total. The quantitative estimate of drug-likeness (QED) is 0.240. The molecule has 36 heavy (non-hydrogen) atoms. The van der Waals surface area contributed by atoms with Crippen molar-refractivity contribution in [1.29, 1.82) is 0 Å². The number of methoxy groups -OCH3 is 2. The topological polar surface area (TPSA) is 98.0 Å². The zero-order valence-electron chi connectivity index (χ0n) is 18.8. The maximum absolute atomic E-state index is 14.8. The highest BCUT2D eigenvalue weighted by Crippen LogP contribution is 2.37. The van der Waals surface area contributed by atoms with E-state index in [0.29, 0.717) is 0 Å². The van der Waals surface area contributed by atoms with Crippen LogP contribution < -0.4 is 20.7 Å². The zero-order chi connectivity index (χ0) is 26.8. The van der Waals surface area contributed by atoms with Crippen molar-refractivity contribution in [3.63, 3.8) is 0 Å². The van der Waals surface area contributed by atoms with E-state index < -0.39 is 46.9 Å². The van der Waals surface area contributed by atoms with Gasteiger partial charge >= 0.3 is 17.8 Å². The molecule has 2 aromatic carbocycles. The van der Waals surface area contributed by atoms with Crippen LogP contribution in [0.5, 0.6) is 17.2 Å². The molecule has 0 spiro atoms. The molecule has 192 valence electrons. The van der Waals surface area contributed by atoms with Gasteiger partial charge in [-0.05, 0) is 34.1 Å². The van der Waals surface area contributed by atoms with Gasteiger partial charge in [-0.2, -0.15) is 13.2 Å². The minimum atomic E-state index is -4.98. The molecule has 1 unspecified atom stereocenters. The van der Waals surface area contributed by atoms with Crippen LogP contribution in [-0.4, -0.2) is 35.6 Å². The van der Waals surface area contributed by atoms with E-state index in [4.69, 9.17) is 14.2 Å². The highest BCUT2D eigenvalue weighted by Gasteiger charge is 2.35. The molecular weight excluding hydrogens is 560 g/mol. The summed E-state index contributed by atoms with van der Waals surface area (Å²) >= 11 is 3.10. The summed E-state index contributed by atoms with van der Waals surface area (Å²) in [6, 6.07) is 7.96. The summed E-state index contributed by atoms with van der Waals surface area (Å²) in [6.07, 6.45) is -6.42. The van der Waals surface area contributed by atoms with Crippen molar-refractivity contribution < 1.29 is 41.3 Å². The van der Waals surface area contributed by atoms with Crippen molar-refractivity contribution in [3.8, 4) is 22.9 Å². The second kappa shape index (κ2) is 10.5. The Kier molecular flexibility index (Phi) is 7.89. The Bertz CT molecular complexity index is 1420. The van der Waals surface area contributed by atoms with Gasteiger partial charge in [-0.1, -0.05) is 12.1 Å². The molecule has 1 atom stereocenters. The number of nitrogens with zero attached hydrogens (tertiary/aromatic N) is 2. The standard InChI is InChI=1S/C22H17BrF4N2O7/c1-28-17(22(25,26)27)10-18(30)29(21(28)32)13-9-16(11(23)8-12(13)24)35-14-6-4-5-7-15(14)36-20(34-3)19(31)33-2/h4-10,20H,1-3H3. The normalized spacial score (nSPS) is 12.2. The average molecular weight is 577 g/mol. The van der Waals surface area contributed by atoms with E-state index >= 15 is 0 Å². The molecule has 1 aromatic heterocycles. The largest absolute Gasteiger partial charge is 0.464 e. The first kappa shape index (κ1) is 26.9. The summed E-state index contributed by atoms with van der Waals surface area (Å²) in [7, 11) is 3.14. The molecule has 1 heterocycles. The Balaban J connectivity index is 2.09. The molecule has 0 bridgehead atoms. The van der Waals surface area contributed by atoms with Gasteiger partial charge in [0.2, 0.25) is 0 Å². The minimum Gasteiger partial charge on any atom is -0.464 e. The summed E-state index contributed by atoms with van der Waals surface area (Å²) in [5, 5.41) is 0. The lowest BCUT2D eigenvalue weighted by Crippen LogP contribution is -2.41. The summed E-state index contributed by atoms with van der Waals surface area (Å²) in [5.41, 5.74) is -4.98. The van der Waals surface area contributed by atoms with Gasteiger partial charge in [0.05, 0.1) is 17.3 Å². The monoisotopic (exact) mass is 576 g/mol. The fourth-order valence-electron chi connectivity index (χ4n) is 3.04. The van der Waals surface area contributed by atoms with Crippen LogP contribution in [0.25, 0.3) is 5.69 Å². The lowest BCUT2D eigenvalue weighted by molar-refractivity contribution is -0.170. The summed E-state index contributed by atoms with van der Waals surface area (Å²) < 4.78 is 75.4. The Morgan fingerprint density at radius 1 is 1.03 bits per heavy atom. The SMILES string of the molecule is COC(=O)C(OC)Oc1ccccc1Oc1cc(-n2c(=O)cc(C(F)(F)F)n(C)c2=O)c(F)cc1Br. The maximum atomic E-state index is 14.8. The third-order valence-corrected chi connectivity index (χ3v) is 5.38. The molecule has 0 saturated heterocycles. The van der Waals surface area contributed by atoms with Gasteiger partial charge in [0.1, 0.15) is 17.3 Å². The van der Waals surface area contributed by atoms with E-state index in [1.807, 2.05) is 0 Å². The minimum absolute atomic E-state index is 0.00869. The summed E-state index contributed by atoms with van der Waals surface area (Å²) in [5.74, 6) is -2.05. The van der Waals surface area contributed by atoms with Crippen molar-refractivity contribution in [3.05, 3.63) is 79.3 Å². The number of esters is 1. The number of rotatable bonds is 7. The number of benzene rings is 2. The van der Waals surface area contributed by atoms with Crippen molar-refractivity contribution in [2.75, 3.05) is 14.2 Å². The molecule has 14 heteroatoms. The number of hydrogen-bond donors (Lipinski definition) is 0. The first-order valence-corrected chi connectivity index (χ1v) is 10.6. The van der Waals surface area contributed by atoms with Gasteiger partial charge in [-0.25, -0.2) is 18.5 Å². The number of aromatic nitrogens is 2. The van der Waals surface area contributed by atoms with Crippen LogP contribution >= 0.6 is 15.9 Å². The van der Waals surface area contributed by atoms with E-state index in [2.05, 4.69) is 20.7 Å². The zero-order valence-corrected chi connectivity index (χ0v) is 20.3. The number of ether oxygens (including phenoxy) is 4. The van der Waals surface area contributed by atoms with Gasteiger partial charge in [0, 0.05) is 26.3 Å². The second-order valence-electron chi connectivity index (χ2n) is 7.03. The number of carbonyl (C=O) groups is 1. The lowest BCUT2D eigenvalue weighted by Gasteiger charge is -2.18. The van der Waals surface area contributed by atoms with Gasteiger partial charge in [0.15, 0.2) is 11.5 Å². The highest BCUT2D eigenvalue weighted by molar-refractivity contribution is 9.10. The van der Waals surface area contributed by atoms with Gasteiger partial charge in [-0.3, -0.25) is 9.36 Å². The molecular formula is C22H17BrF4N2O7. The summed E-state index contributed by atoms with van der Waals surface area (Å²) in [6.45, 7) is 0. The first-order chi connectivity index (χ1) is 16.9. The van der Waals surface area contributed by atoms with Crippen LogP contribution in [0, 0.1) is 5.82 Å². The van der Waals surface area contributed by atoms with Crippen LogP contribution in [0.4, 0.5) is 17.6 Å². The third-order valence-electron chi connectivity index (χ3n) is 4.76. The second-order valence-corrected chi connectivity index (χ2v) is 7.89. The fraction of sp³-hybridized carbons (Fsp3) is 0.227. The molecule has 3 aromatic rings. The lowest BCUT2D eigenvalue weighted by atomic mass is 10.2. The van der Waals surface area contributed by atoms with Crippen molar-refractivity contribution >= 4 is 21.9 Å². The Morgan fingerprint density at radius 3 is 2.25 bits per heavy atom. The predicted molar refractivity (Wildman–Crippen MR) is 120 cm³/mol. The molecule has 0 aliphatic heterocycles. The number of halogens is 5. The van der Waals surface area contributed by atoms with Crippen LogP contribution in [0.3, 0.4) is 0 Å². The smallest absolute Gasteiger partial charge is 0.431 e. The number of hydrogen-bond acceptors (Lipinski definition) is 7.